The van der Waals surface area contributed by atoms with Crippen LogP contribution in [0.4, 0.5) is 5.69 Å². The molecule has 8 heteroatoms. The van der Waals surface area contributed by atoms with Crippen LogP contribution in [0.15, 0.2) is 51.3 Å². The summed E-state index contributed by atoms with van der Waals surface area (Å²) in [5.41, 5.74) is 2.96. The molecule has 27 heavy (non-hydrogen) atoms. The Kier molecular flexibility index (Phi) is 5.29. The molecule has 1 amide bonds. The average Bonchev–Trinajstić information content (AvgIpc) is 3.37. The lowest BCUT2D eigenvalue weighted by molar-refractivity contribution is -0.119. The van der Waals surface area contributed by atoms with E-state index < -0.39 is 0 Å². The van der Waals surface area contributed by atoms with Crippen molar-refractivity contribution in [2.45, 2.75) is 22.1 Å². The van der Waals surface area contributed by atoms with Gasteiger partial charge in [0.25, 0.3) is 0 Å². The first kappa shape index (κ1) is 18.2. The molecule has 2 atom stereocenters. The second-order valence-electron chi connectivity index (χ2n) is 6.69. The highest BCUT2D eigenvalue weighted by Crippen LogP contribution is 2.32. The molecule has 1 saturated heterocycles. The molecule has 0 aliphatic carbocycles. The van der Waals surface area contributed by atoms with E-state index in [1.54, 1.807) is 27.8 Å². The number of carbonyl (C=O) groups excluding carboxylic acids is 1. The molecule has 0 saturated carbocycles. The molecule has 0 bridgehead atoms. The molecule has 140 valence electrons. The van der Waals surface area contributed by atoms with Gasteiger partial charge in [0.05, 0.1) is 12.1 Å². The van der Waals surface area contributed by atoms with Crippen molar-refractivity contribution in [2.24, 2.45) is 13.0 Å². The highest BCUT2D eigenvalue weighted by molar-refractivity contribution is 8.01. The quantitative estimate of drug-likeness (QED) is 0.689. The van der Waals surface area contributed by atoms with Crippen LogP contribution in [0.1, 0.15) is 17.2 Å². The van der Waals surface area contributed by atoms with Gasteiger partial charge in [0.15, 0.2) is 4.34 Å². The second-order valence-corrected chi connectivity index (χ2v) is 8.87. The van der Waals surface area contributed by atoms with Gasteiger partial charge in [0.1, 0.15) is 0 Å². The van der Waals surface area contributed by atoms with Crippen molar-refractivity contribution >= 4 is 34.7 Å². The van der Waals surface area contributed by atoms with E-state index in [0.717, 1.165) is 32.7 Å². The topological polar surface area (TPSA) is 71.8 Å². The Bertz CT molecular complexity index is 934. The van der Waals surface area contributed by atoms with Crippen molar-refractivity contribution in [3.8, 4) is 0 Å². The van der Waals surface area contributed by atoms with Gasteiger partial charge >= 0.3 is 0 Å². The molecule has 3 aromatic rings. The second kappa shape index (κ2) is 7.84. The first-order valence-electron chi connectivity index (χ1n) is 8.78. The van der Waals surface area contributed by atoms with Crippen LogP contribution in [0, 0.1) is 12.8 Å². The zero-order chi connectivity index (χ0) is 18.8. The van der Waals surface area contributed by atoms with Crippen LogP contribution in [-0.4, -0.2) is 33.8 Å². The number of benzene rings is 1. The molecule has 1 aliphatic heterocycles. The summed E-state index contributed by atoms with van der Waals surface area (Å²) in [6.45, 7) is 3.48. The number of hydrogen-bond donors (Lipinski definition) is 2. The van der Waals surface area contributed by atoms with Crippen molar-refractivity contribution in [3.63, 3.8) is 0 Å². The summed E-state index contributed by atoms with van der Waals surface area (Å²) in [5, 5.41) is 12.7. The van der Waals surface area contributed by atoms with E-state index in [1.165, 1.54) is 0 Å². The number of thiazole rings is 1. The van der Waals surface area contributed by atoms with Crippen LogP contribution < -0.4 is 10.6 Å². The van der Waals surface area contributed by atoms with E-state index in [9.17, 15) is 4.79 Å². The van der Waals surface area contributed by atoms with Gasteiger partial charge in [-0.2, -0.15) is 5.10 Å². The molecule has 0 radical (unpaired) electrons. The molecule has 1 fully saturated rings. The van der Waals surface area contributed by atoms with E-state index >= 15 is 0 Å². The Morgan fingerprint density at radius 3 is 2.81 bits per heavy atom. The van der Waals surface area contributed by atoms with Crippen molar-refractivity contribution in [1.29, 1.82) is 0 Å². The standard InChI is InChI=1S/C19H21N5OS2/c1-12-11-26-19(22-12)27-15-5-3-14(4-6-15)23-18(25)17-9-20-8-16(17)13-7-21-24(2)10-13/h3-7,10-11,16-17,20H,8-9H2,1-2H3,(H,23,25)/t16-,17+/m1/s1. The fraction of sp³-hybridized carbons (Fsp3) is 0.316. The smallest absolute Gasteiger partial charge is 0.229 e. The Morgan fingerprint density at radius 2 is 2.15 bits per heavy atom. The number of carbonyl (C=O) groups is 1. The summed E-state index contributed by atoms with van der Waals surface area (Å²) in [6, 6.07) is 7.93. The Balaban J connectivity index is 1.40. The fourth-order valence-electron chi connectivity index (χ4n) is 3.26. The maximum Gasteiger partial charge on any atom is 0.229 e. The predicted molar refractivity (Wildman–Crippen MR) is 108 cm³/mol. The highest BCUT2D eigenvalue weighted by Gasteiger charge is 2.34. The summed E-state index contributed by atoms with van der Waals surface area (Å²) in [5.74, 6) is 0.105. The molecule has 1 aliphatic rings. The monoisotopic (exact) mass is 399 g/mol. The Morgan fingerprint density at radius 1 is 1.33 bits per heavy atom. The Labute approximate surface area is 166 Å². The molecule has 4 rings (SSSR count). The number of hydrogen-bond acceptors (Lipinski definition) is 6. The lowest BCUT2D eigenvalue weighted by atomic mass is 9.90. The minimum absolute atomic E-state index is 0.0461. The van der Waals surface area contributed by atoms with Crippen LogP contribution in [0.2, 0.25) is 0 Å². The lowest BCUT2D eigenvalue weighted by Crippen LogP contribution is -2.28. The van der Waals surface area contributed by atoms with E-state index in [4.69, 9.17) is 0 Å². The maximum atomic E-state index is 12.8. The lowest BCUT2D eigenvalue weighted by Gasteiger charge is -2.17. The minimum Gasteiger partial charge on any atom is -0.326 e. The van der Waals surface area contributed by atoms with Gasteiger partial charge in [0.2, 0.25) is 5.91 Å². The minimum atomic E-state index is -0.0958. The number of nitrogens with one attached hydrogen (secondary N) is 2. The molecular formula is C19H21N5OS2. The van der Waals surface area contributed by atoms with E-state index in [1.807, 2.05) is 56.0 Å². The van der Waals surface area contributed by atoms with Crippen LogP contribution in [-0.2, 0) is 11.8 Å². The summed E-state index contributed by atoms with van der Waals surface area (Å²) >= 11 is 3.28. The van der Waals surface area contributed by atoms with Gasteiger partial charge in [-0.05, 0) is 36.8 Å². The summed E-state index contributed by atoms with van der Waals surface area (Å²) in [6.07, 6.45) is 3.84. The highest BCUT2D eigenvalue weighted by atomic mass is 32.2. The Hall–Kier alpha value is -2.16. The number of aromatic nitrogens is 3. The van der Waals surface area contributed by atoms with Crippen molar-refractivity contribution in [2.75, 3.05) is 18.4 Å². The maximum absolute atomic E-state index is 12.8. The first-order valence-corrected chi connectivity index (χ1v) is 10.5. The first-order chi connectivity index (χ1) is 13.1. The van der Waals surface area contributed by atoms with Crippen molar-refractivity contribution in [3.05, 3.63) is 53.3 Å². The third-order valence-electron chi connectivity index (χ3n) is 4.63. The van der Waals surface area contributed by atoms with Crippen LogP contribution >= 0.6 is 23.1 Å². The summed E-state index contributed by atoms with van der Waals surface area (Å²) < 4.78 is 2.81. The van der Waals surface area contributed by atoms with Gasteiger partial charge in [-0.15, -0.1) is 11.3 Å². The van der Waals surface area contributed by atoms with Crippen LogP contribution in [0.5, 0.6) is 0 Å². The number of nitrogens with zero attached hydrogens (tertiary/aromatic N) is 3. The third kappa shape index (κ3) is 4.23. The van der Waals surface area contributed by atoms with Gasteiger partial charge in [0, 0.05) is 53.9 Å². The summed E-state index contributed by atoms with van der Waals surface area (Å²) in [7, 11) is 1.90. The molecule has 3 heterocycles. The van der Waals surface area contributed by atoms with Gasteiger partial charge in [-0.3, -0.25) is 9.48 Å². The average molecular weight is 400 g/mol. The molecule has 0 spiro atoms. The summed E-state index contributed by atoms with van der Waals surface area (Å²) in [4.78, 5) is 18.4. The van der Waals surface area contributed by atoms with E-state index in [0.29, 0.717) is 6.54 Å². The molecule has 0 unspecified atom stereocenters. The largest absolute Gasteiger partial charge is 0.326 e. The van der Waals surface area contributed by atoms with E-state index in [2.05, 4.69) is 20.7 Å². The number of aryl methyl sites for hydroxylation is 2. The normalized spacial score (nSPS) is 19.3. The molecule has 2 N–H and O–H groups in total. The molecule has 6 nitrogen and oxygen atoms in total. The number of anilines is 1. The van der Waals surface area contributed by atoms with Gasteiger partial charge in [-0.1, -0.05) is 11.8 Å². The third-order valence-corrected chi connectivity index (χ3v) is 6.69. The number of amides is 1. The van der Waals surface area contributed by atoms with Crippen molar-refractivity contribution < 1.29 is 4.79 Å². The number of rotatable bonds is 5. The van der Waals surface area contributed by atoms with Gasteiger partial charge < -0.3 is 10.6 Å². The zero-order valence-corrected chi connectivity index (χ0v) is 16.8. The molecular weight excluding hydrogens is 378 g/mol. The van der Waals surface area contributed by atoms with Crippen LogP contribution in [0.25, 0.3) is 0 Å². The SMILES string of the molecule is Cc1csc(Sc2ccc(NC(=O)[C@H]3CNC[C@@H]3c3cnn(C)c3)cc2)n1. The van der Waals surface area contributed by atoms with E-state index in [-0.39, 0.29) is 17.7 Å². The molecule has 2 aromatic heterocycles. The zero-order valence-electron chi connectivity index (χ0n) is 15.2. The van der Waals surface area contributed by atoms with Gasteiger partial charge in [-0.25, -0.2) is 4.98 Å². The van der Waals surface area contributed by atoms with Crippen LogP contribution in [0.3, 0.4) is 0 Å². The van der Waals surface area contributed by atoms with Crippen molar-refractivity contribution in [1.82, 2.24) is 20.1 Å². The fourth-order valence-corrected chi connectivity index (χ4v) is 5.07. The molecule has 1 aromatic carbocycles. The predicted octanol–water partition coefficient (Wildman–Crippen LogP) is 3.28.